The van der Waals surface area contributed by atoms with E-state index in [9.17, 15) is 9.59 Å². The molecule has 1 aliphatic rings. The van der Waals surface area contributed by atoms with Crippen LogP contribution in [0.2, 0.25) is 0 Å². The van der Waals surface area contributed by atoms with Crippen LogP contribution in [0.15, 0.2) is 72.8 Å². The van der Waals surface area contributed by atoms with E-state index in [1.807, 2.05) is 56.3 Å². The molecule has 0 bridgehead atoms. The molecule has 0 spiro atoms. The Bertz CT molecular complexity index is 1120. The summed E-state index contributed by atoms with van der Waals surface area (Å²) in [6.07, 6.45) is 0. The summed E-state index contributed by atoms with van der Waals surface area (Å²) in [5.41, 5.74) is 5.55. The second-order valence-corrected chi connectivity index (χ2v) is 8.74. The first-order valence-corrected chi connectivity index (χ1v) is 11.6. The van der Waals surface area contributed by atoms with Crippen molar-refractivity contribution in [1.29, 1.82) is 0 Å². The normalized spacial score (nSPS) is 14.0. The zero-order valence-corrected chi connectivity index (χ0v) is 19.8. The van der Waals surface area contributed by atoms with Crippen molar-refractivity contribution < 1.29 is 14.3 Å². The van der Waals surface area contributed by atoms with Gasteiger partial charge in [0.1, 0.15) is 0 Å². The van der Waals surface area contributed by atoms with E-state index in [4.69, 9.17) is 4.74 Å². The van der Waals surface area contributed by atoms with E-state index in [1.165, 1.54) is 5.56 Å². The summed E-state index contributed by atoms with van der Waals surface area (Å²) in [6, 6.07) is 23.9. The van der Waals surface area contributed by atoms with Gasteiger partial charge in [0, 0.05) is 44.1 Å². The molecule has 3 aromatic rings. The topological polar surface area (TPSA) is 61.9 Å². The number of aryl methyl sites for hydroxylation is 2. The zero-order chi connectivity index (χ0) is 23.9. The Balaban J connectivity index is 1.23. The third-order valence-electron chi connectivity index (χ3n) is 6.07. The number of carbonyl (C=O) groups is 2. The maximum Gasteiger partial charge on any atom is 0.338 e. The van der Waals surface area contributed by atoms with Crippen LogP contribution >= 0.6 is 0 Å². The first-order valence-electron chi connectivity index (χ1n) is 11.6. The highest BCUT2D eigenvalue weighted by Gasteiger charge is 2.18. The number of nitrogens with one attached hydrogen (secondary N) is 1. The summed E-state index contributed by atoms with van der Waals surface area (Å²) < 4.78 is 5.19. The smallest absolute Gasteiger partial charge is 0.338 e. The molecule has 0 aromatic heterocycles. The number of benzene rings is 3. The van der Waals surface area contributed by atoms with Crippen molar-refractivity contribution in [2.75, 3.05) is 43.0 Å². The molecule has 0 atom stereocenters. The second-order valence-electron chi connectivity index (χ2n) is 8.74. The maximum absolute atomic E-state index is 12.3. The fraction of sp³-hybridized carbons (Fsp3) is 0.286. The lowest BCUT2D eigenvalue weighted by Crippen LogP contribution is -2.45. The van der Waals surface area contributed by atoms with Crippen LogP contribution in [-0.2, 0) is 16.1 Å². The lowest BCUT2D eigenvalue weighted by Gasteiger charge is -2.36. The van der Waals surface area contributed by atoms with Gasteiger partial charge in [0.15, 0.2) is 6.61 Å². The van der Waals surface area contributed by atoms with Gasteiger partial charge in [-0.15, -0.1) is 0 Å². The molecule has 3 aromatic carbocycles. The number of carbonyl (C=O) groups excluding carboxylic acids is 2. The number of amides is 1. The minimum atomic E-state index is -0.491. The molecule has 1 fully saturated rings. The summed E-state index contributed by atoms with van der Waals surface area (Å²) in [4.78, 5) is 29.4. The molecule has 34 heavy (non-hydrogen) atoms. The second kappa shape index (κ2) is 11.0. The fourth-order valence-corrected chi connectivity index (χ4v) is 4.21. The number of rotatable bonds is 7. The molecule has 1 heterocycles. The van der Waals surface area contributed by atoms with Crippen LogP contribution in [0.5, 0.6) is 0 Å². The maximum atomic E-state index is 12.3. The predicted molar refractivity (Wildman–Crippen MR) is 135 cm³/mol. The van der Waals surface area contributed by atoms with Crippen LogP contribution < -0.4 is 10.2 Å². The van der Waals surface area contributed by atoms with Gasteiger partial charge in [-0.1, -0.05) is 48.0 Å². The van der Waals surface area contributed by atoms with E-state index < -0.39 is 5.97 Å². The fourth-order valence-electron chi connectivity index (χ4n) is 4.21. The number of anilines is 2. The number of ether oxygens (including phenoxy) is 1. The van der Waals surface area contributed by atoms with Crippen molar-refractivity contribution in [2.45, 2.75) is 20.4 Å². The summed E-state index contributed by atoms with van der Waals surface area (Å²) >= 11 is 0. The lowest BCUT2D eigenvalue weighted by atomic mass is 10.1. The average molecular weight is 458 g/mol. The van der Waals surface area contributed by atoms with Gasteiger partial charge in [0.2, 0.25) is 0 Å². The Morgan fingerprint density at radius 2 is 1.59 bits per heavy atom. The van der Waals surface area contributed by atoms with Crippen LogP contribution in [0.3, 0.4) is 0 Å². The SMILES string of the molecule is Cc1ccc(C(=O)OCC(=O)Nc2ccc(N3CCN(Cc4ccccc4)CC3)cc2)c(C)c1. The lowest BCUT2D eigenvalue weighted by molar-refractivity contribution is -0.119. The molecule has 1 aliphatic heterocycles. The van der Waals surface area contributed by atoms with Crippen LogP contribution in [0.25, 0.3) is 0 Å². The minimum absolute atomic E-state index is 0.322. The zero-order valence-electron chi connectivity index (χ0n) is 19.8. The molecule has 1 amide bonds. The highest BCUT2D eigenvalue weighted by atomic mass is 16.5. The number of piperazine rings is 1. The van der Waals surface area contributed by atoms with Gasteiger partial charge in [-0.25, -0.2) is 4.79 Å². The van der Waals surface area contributed by atoms with Gasteiger partial charge in [-0.05, 0) is 55.3 Å². The first-order chi connectivity index (χ1) is 16.5. The Labute approximate surface area is 201 Å². The Hall–Kier alpha value is -3.64. The number of hydrogen-bond donors (Lipinski definition) is 1. The Morgan fingerprint density at radius 3 is 2.26 bits per heavy atom. The molecule has 1 N–H and O–H groups in total. The van der Waals surface area contributed by atoms with Crippen LogP contribution in [0, 0.1) is 13.8 Å². The minimum Gasteiger partial charge on any atom is -0.452 e. The van der Waals surface area contributed by atoms with Crippen molar-refractivity contribution >= 4 is 23.3 Å². The van der Waals surface area contributed by atoms with Gasteiger partial charge >= 0.3 is 5.97 Å². The summed E-state index contributed by atoms with van der Waals surface area (Å²) in [7, 11) is 0. The highest BCUT2D eigenvalue weighted by Crippen LogP contribution is 2.20. The van der Waals surface area contributed by atoms with Crippen molar-refractivity contribution in [3.8, 4) is 0 Å². The molecule has 0 saturated carbocycles. The van der Waals surface area contributed by atoms with E-state index in [1.54, 1.807) is 6.07 Å². The Morgan fingerprint density at radius 1 is 0.882 bits per heavy atom. The van der Waals surface area contributed by atoms with Crippen LogP contribution in [0.1, 0.15) is 27.0 Å². The molecule has 1 saturated heterocycles. The molecule has 0 unspecified atom stereocenters. The molecule has 0 aliphatic carbocycles. The monoisotopic (exact) mass is 457 g/mol. The molecule has 6 heteroatoms. The van der Waals surface area contributed by atoms with Crippen LogP contribution in [0.4, 0.5) is 11.4 Å². The molecule has 0 radical (unpaired) electrons. The van der Waals surface area contributed by atoms with E-state index >= 15 is 0 Å². The average Bonchev–Trinajstić information content (AvgIpc) is 2.84. The van der Waals surface area contributed by atoms with Gasteiger partial charge in [-0.2, -0.15) is 0 Å². The summed E-state index contributed by atoms with van der Waals surface area (Å²) in [6.45, 7) is 8.43. The molecule has 176 valence electrons. The van der Waals surface area contributed by atoms with Gasteiger partial charge in [-0.3, -0.25) is 9.69 Å². The van der Waals surface area contributed by atoms with Gasteiger partial charge in [0.25, 0.3) is 5.91 Å². The van der Waals surface area contributed by atoms with E-state index in [0.29, 0.717) is 11.3 Å². The molecular formula is C28H31N3O3. The summed E-state index contributed by atoms with van der Waals surface area (Å²) in [5, 5.41) is 2.79. The summed E-state index contributed by atoms with van der Waals surface area (Å²) in [5.74, 6) is -0.852. The van der Waals surface area contributed by atoms with E-state index in [0.717, 1.165) is 49.5 Å². The highest BCUT2D eigenvalue weighted by molar-refractivity contribution is 5.96. The third kappa shape index (κ3) is 6.23. The molecule has 6 nitrogen and oxygen atoms in total. The van der Waals surface area contributed by atoms with Crippen molar-refractivity contribution in [3.63, 3.8) is 0 Å². The van der Waals surface area contributed by atoms with Crippen molar-refractivity contribution in [3.05, 3.63) is 95.1 Å². The van der Waals surface area contributed by atoms with Crippen LogP contribution in [-0.4, -0.2) is 49.6 Å². The van der Waals surface area contributed by atoms with E-state index in [-0.39, 0.29) is 12.5 Å². The van der Waals surface area contributed by atoms with Gasteiger partial charge in [0.05, 0.1) is 5.56 Å². The number of esters is 1. The first kappa shape index (κ1) is 23.5. The van der Waals surface area contributed by atoms with Crippen molar-refractivity contribution in [1.82, 2.24) is 4.90 Å². The quantitative estimate of drug-likeness (QED) is 0.532. The van der Waals surface area contributed by atoms with E-state index in [2.05, 4.69) is 39.4 Å². The molecule has 4 rings (SSSR count). The van der Waals surface area contributed by atoms with Gasteiger partial charge < -0.3 is 15.0 Å². The number of nitrogens with zero attached hydrogens (tertiary/aromatic N) is 2. The van der Waals surface area contributed by atoms with Crippen molar-refractivity contribution in [2.24, 2.45) is 0 Å². The standard InChI is InChI=1S/C28H31N3O3/c1-21-8-13-26(22(2)18-21)28(33)34-20-27(32)29-24-9-11-25(12-10-24)31-16-14-30(15-17-31)19-23-6-4-3-5-7-23/h3-13,18H,14-17,19-20H2,1-2H3,(H,29,32). The largest absolute Gasteiger partial charge is 0.452 e. The third-order valence-corrected chi connectivity index (χ3v) is 6.07. The Kier molecular flexibility index (Phi) is 7.60. The predicted octanol–water partition coefficient (Wildman–Crippen LogP) is 4.42. The molecular weight excluding hydrogens is 426 g/mol. The number of hydrogen-bond acceptors (Lipinski definition) is 5.